The quantitative estimate of drug-likeness (QED) is 0.0703. The number of phosphoric ester groups is 1. The van der Waals surface area contributed by atoms with Crippen molar-refractivity contribution in [2.45, 2.75) is 79.1 Å². The molecule has 0 aromatic heterocycles. The molecule has 0 aromatic carbocycles. The van der Waals surface area contributed by atoms with Crippen molar-refractivity contribution in [1.29, 1.82) is 0 Å². The van der Waals surface area contributed by atoms with Crippen molar-refractivity contribution in [2.75, 3.05) is 26.4 Å². The summed E-state index contributed by atoms with van der Waals surface area (Å²) >= 11 is 0. The Morgan fingerprint density at radius 3 is 1.90 bits per heavy atom. The molecule has 8 nitrogen and oxygen atoms in total. The second kappa shape index (κ2) is 21.9. The van der Waals surface area contributed by atoms with Crippen LogP contribution in [0.4, 0.5) is 0 Å². The molecule has 182 valence electrons. The Bertz CT molecular complexity index is 526. The van der Waals surface area contributed by atoms with Gasteiger partial charge < -0.3 is 9.63 Å². The Hall–Kier alpha value is -1.30. The van der Waals surface area contributed by atoms with E-state index in [-0.39, 0.29) is 13.2 Å². The van der Waals surface area contributed by atoms with E-state index >= 15 is 0 Å². The van der Waals surface area contributed by atoms with Crippen molar-refractivity contribution >= 4 is 19.9 Å². The Morgan fingerprint density at radius 2 is 1.55 bits per heavy atom. The van der Waals surface area contributed by atoms with Gasteiger partial charge in [0.1, 0.15) is 6.61 Å². The van der Waals surface area contributed by atoms with Crippen LogP contribution in [-0.2, 0) is 27.9 Å². The molecule has 0 aromatic rings. The van der Waals surface area contributed by atoms with Gasteiger partial charge in [0.25, 0.3) is 0 Å². The molecular formula is C22H42NO7P. The monoisotopic (exact) mass is 463 g/mol. The van der Waals surface area contributed by atoms with Crippen molar-refractivity contribution in [3.05, 3.63) is 12.7 Å². The third-order valence-electron chi connectivity index (χ3n) is 4.71. The second-order valence-electron chi connectivity index (χ2n) is 7.24. The van der Waals surface area contributed by atoms with Crippen LogP contribution in [0, 0.1) is 11.8 Å². The number of isocyanates is 1. The van der Waals surface area contributed by atoms with Gasteiger partial charge in [-0.15, -0.1) is 0 Å². The number of carbonyl (C=O) groups excluding carboxylic acids is 2. The summed E-state index contributed by atoms with van der Waals surface area (Å²) in [5.74, 6) is 0.174. The summed E-state index contributed by atoms with van der Waals surface area (Å²) in [5, 5.41) is 0. The fourth-order valence-corrected chi connectivity index (χ4v) is 3.40. The van der Waals surface area contributed by atoms with Crippen LogP contribution < -0.4 is 0 Å². The average molecular weight is 464 g/mol. The molecule has 0 heterocycles. The number of esters is 1. The van der Waals surface area contributed by atoms with Gasteiger partial charge in [0, 0.05) is 6.08 Å². The van der Waals surface area contributed by atoms with Crippen molar-refractivity contribution in [3.63, 3.8) is 0 Å². The first kappa shape index (κ1) is 31.9. The van der Waals surface area contributed by atoms with Gasteiger partial charge in [-0.3, -0.25) is 9.05 Å². The van der Waals surface area contributed by atoms with E-state index in [1.807, 2.05) is 0 Å². The van der Waals surface area contributed by atoms with Crippen LogP contribution in [0.2, 0.25) is 0 Å². The number of carbonyl (C=O) groups is 1. The zero-order valence-electron chi connectivity index (χ0n) is 19.7. The highest BCUT2D eigenvalue weighted by Gasteiger charge is 2.24. The van der Waals surface area contributed by atoms with E-state index in [9.17, 15) is 19.0 Å². The van der Waals surface area contributed by atoms with Crippen LogP contribution in [0.25, 0.3) is 0 Å². The molecule has 31 heavy (non-hydrogen) atoms. The molecule has 0 amide bonds. The molecule has 0 rings (SSSR count). The summed E-state index contributed by atoms with van der Waals surface area (Å²) in [4.78, 5) is 32.7. The molecule has 0 aliphatic rings. The van der Waals surface area contributed by atoms with Crippen molar-refractivity contribution in [1.82, 2.24) is 0 Å². The third kappa shape index (κ3) is 21.7. The van der Waals surface area contributed by atoms with Gasteiger partial charge in [-0.05, 0) is 24.7 Å². The minimum Gasteiger partial charge on any atom is -0.461 e. The van der Waals surface area contributed by atoms with E-state index in [1.165, 1.54) is 6.08 Å². The largest absolute Gasteiger partial charge is 0.472 e. The van der Waals surface area contributed by atoms with Crippen LogP contribution in [-0.4, -0.2) is 43.3 Å². The maximum atomic E-state index is 11.9. The molecule has 0 saturated carbocycles. The molecule has 0 radical (unpaired) electrons. The number of hydrogen-bond donors (Lipinski definition) is 1. The normalized spacial score (nSPS) is 14.2. The van der Waals surface area contributed by atoms with Crippen LogP contribution >= 0.6 is 7.82 Å². The number of nitrogens with zero attached hydrogens (tertiary/aromatic N) is 1. The highest BCUT2D eigenvalue weighted by Crippen LogP contribution is 2.44. The lowest BCUT2D eigenvalue weighted by atomic mass is 10.0. The lowest BCUT2D eigenvalue weighted by molar-refractivity contribution is -0.137. The van der Waals surface area contributed by atoms with Gasteiger partial charge in [-0.1, -0.05) is 72.8 Å². The molecule has 0 fully saturated rings. The summed E-state index contributed by atoms with van der Waals surface area (Å²) in [5.41, 5.74) is 0. The maximum Gasteiger partial charge on any atom is 0.472 e. The first-order valence-electron chi connectivity index (χ1n) is 11.2. The topological polar surface area (TPSA) is 111 Å². The molecule has 0 bridgehead atoms. The number of phosphoric acid groups is 1. The molecule has 2 atom stereocenters. The lowest BCUT2D eigenvalue weighted by Gasteiger charge is -2.20. The predicted molar refractivity (Wildman–Crippen MR) is 122 cm³/mol. The smallest absolute Gasteiger partial charge is 0.461 e. The van der Waals surface area contributed by atoms with Crippen LogP contribution in [0.3, 0.4) is 0 Å². The maximum absolute atomic E-state index is 11.9. The first-order chi connectivity index (χ1) is 14.8. The molecule has 9 heteroatoms. The van der Waals surface area contributed by atoms with E-state index in [1.54, 1.807) is 0 Å². The molecule has 0 aliphatic carbocycles. The van der Waals surface area contributed by atoms with Gasteiger partial charge in [-0.25, -0.2) is 19.1 Å². The number of aliphatic imine (C=N–C) groups is 1. The van der Waals surface area contributed by atoms with E-state index < -0.39 is 13.8 Å². The predicted octanol–water partition coefficient (Wildman–Crippen LogP) is 5.60. The third-order valence-corrected chi connectivity index (χ3v) is 5.66. The van der Waals surface area contributed by atoms with Gasteiger partial charge in [0.2, 0.25) is 6.08 Å². The lowest BCUT2D eigenvalue weighted by Crippen LogP contribution is -2.12. The number of unbranched alkanes of at least 4 members (excludes halogenated alkanes) is 2. The molecule has 0 spiro atoms. The summed E-state index contributed by atoms with van der Waals surface area (Å²) in [6.07, 6.45) is 10.9. The fourth-order valence-electron chi connectivity index (χ4n) is 2.53. The Balaban J connectivity index is 0. The highest BCUT2D eigenvalue weighted by molar-refractivity contribution is 7.47. The zero-order chi connectivity index (χ0) is 24.0. The Labute approximate surface area is 188 Å². The SMILES string of the molecule is C=CC(=O)OCCN=C=O.CCCCC(CC)COP(=O)(O)OCC(CC)CCCC. The Morgan fingerprint density at radius 1 is 1.06 bits per heavy atom. The summed E-state index contributed by atoms with van der Waals surface area (Å²) < 4.78 is 26.7. The number of rotatable bonds is 18. The molecule has 2 unspecified atom stereocenters. The standard InChI is InChI=1S/C16H35O4P.C6H7NO3/c1-5-9-11-15(7-3)13-19-21(17,18)20-14-16(8-4)12-10-6-2;1-2-6(9)10-4-3-7-5-8/h15-16H,5-14H2,1-4H3,(H,17,18);2H,1,3-4H2. The van der Waals surface area contributed by atoms with E-state index in [4.69, 9.17) is 9.05 Å². The number of ether oxygens (including phenoxy) is 1. The minimum absolute atomic E-state index is 0.0973. The van der Waals surface area contributed by atoms with Gasteiger partial charge in [0.05, 0.1) is 19.8 Å². The zero-order valence-corrected chi connectivity index (χ0v) is 20.6. The van der Waals surface area contributed by atoms with Crippen LogP contribution in [0.15, 0.2) is 17.6 Å². The molecule has 1 N–H and O–H groups in total. The van der Waals surface area contributed by atoms with E-state index in [0.29, 0.717) is 25.0 Å². The highest BCUT2D eigenvalue weighted by atomic mass is 31.2. The minimum atomic E-state index is -3.89. The van der Waals surface area contributed by atoms with Gasteiger partial charge in [0.15, 0.2) is 0 Å². The Kier molecular flexibility index (Phi) is 22.5. The molecule has 0 aliphatic heterocycles. The van der Waals surface area contributed by atoms with E-state index in [0.717, 1.165) is 57.4 Å². The summed E-state index contributed by atoms with van der Waals surface area (Å²) in [7, 11) is -3.89. The van der Waals surface area contributed by atoms with Crippen molar-refractivity contribution in [2.24, 2.45) is 16.8 Å². The van der Waals surface area contributed by atoms with Gasteiger partial charge >= 0.3 is 13.8 Å². The van der Waals surface area contributed by atoms with Crippen LogP contribution in [0.5, 0.6) is 0 Å². The fraction of sp³-hybridized carbons (Fsp3) is 0.818. The van der Waals surface area contributed by atoms with Gasteiger partial charge in [-0.2, -0.15) is 0 Å². The van der Waals surface area contributed by atoms with Crippen molar-refractivity contribution < 1.29 is 32.8 Å². The van der Waals surface area contributed by atoms with E-state index in [2.05, 4.69) is 44.0 Å². The van der Waals surface area contributed by atoms with Crippen molar-refractivity contribution in [3.8, 4) is 0 Å². The van der Waals surface area contributed by atoms with Crippen LogP contribution in [0.1, 0.15) is 79.1 Å². The number of hydrogen-bond acceptors (Lipinski definition) is 7. The summed E-state index contributed by atoms with van der Waals surface area (Å²) in [6, 6.07) is 0. The molecule has 0 saturated heterocycles. The summed E-state index contributed by atoms with van der Waals surface area (Å²) in [6.45, 7) is 12.5. The first-order valence-corrected chi connectivity index (χ1v) is 12.7. The molecular weight excluding hydrogens is 421 g/mol. The average Bonchev–Trinajstić information content (AvgIpc) is 2.77. The second-order valence-corrected chi connectivity index (χ2v) is 8.69.